The molecule has 0 aliphatic rings. The van der Waals surface area contributed by atoms with Crippen LogP contribution in [0.25, 0.3) is 0 Å². The molecule has 0 unspecified atom stereocenters. The van der Waals surface area contributed by atoms with E-state index in [-0.39, 0.29) is 24.3 Å². The number of hydrogen-bond acceptors (Lipinski definition) is 0. The van der Waals surface area contributed by atoms with Crippen molar-refractivity contribution in [2.24, 2.45) is 0 Å². The number of hydrogen-bond donors (Lipinski definition) is 0. The Morgan fingerprint density at radius 1 is 0.264 bits per heavy atom. The van der Waals surface area contributed by atoms with Crippen molar-refractivity contribution in [1.29, 1.82) is 0 Å². The summed E-state index contributed by atoms with van der Waals surface area (Å²) in [5.41, 5.74) is -0.459. The van der Waals surface area contributed by atoms with Gasteiger partial charge in [0.2, 0.25) is 0 Å². The topological polar surface area (TPSA) is 0 Å². The summed E-state index contributed by atoms with van der Waals surface area (Å²) in [6.07, 6.45) is -36.5. The molecule has 0 aliphatic carbocycles. The summed E-state index contributed by atoms with van der Waals surface area (Å²) in [5, 5.41) is -2.50. The first kappa shape index (κ1) is 67.2. The summed E-state index contributed by atoms with van der Waals surface area (Å²) in [6.45, 7) is 0. The van der Waals surface area contributed by atoms with Crippen molar-refractivity contribution in [2.75, 3.05) is 0 Å². The molecule has 0 aliphatic heterocycles. The van der Waals surface area contributed by atoms with Gasteiger partial charge in [0.15, 0.2) is 0 Å². The molecule has 0 saturated heterocycles. The summed E-state index contributed by atoms with van der Waals surface area (Å²) < 4.78 is 541. The number of benzene rings is 1. The lowest BCUT2D eigenvalue weighted by molar-refractivity contribution is -0.440. The quantitative estimate of drug-likeness (QED) is 0.0582. The van der Waals surface area contributed by atoms with E-state index in [0.29, 0.717) is 0 Å². The van der Waals surface area contributed by atoms with Crippen molar-refractivity contribution in [3.63, 3.8) is 0 Å². The molecular formula is C31H18BrF39Si. The first-order valence-corrected chi connectivity index (χ1v) is 21.2. The third kappa shape index (κ3) is 10.0. The molecule has 0 aromatic heterocycles. The highest BCUT2D eigenvalue weighted by Gasteiger charge is 2.93. The van der Waals surface area contributed by atoms with Gasteiger partial charge >= 0.3 is 107 Å². The molecule has 0 N–H and O–H groups in total. The lowest BCUT2D eigenvalue weighted by Gasteiger charge is -2.43. The van der Waals surface area contributed by atoms with Gasteiger partial charge in [0.1, 0.15) is 0 Å². The molecule has 0 amide bonds. The fourth-order valence-electron chi connectivity index (χ4n) is 5.82. The first-order chi connectivity index (χ1) is 30.9. The van der Waals surface area contributed by atoms with Crippen LogP contribution in [0.15, 0.2) is 24.3 Å². The minimum Gasteiger partial charge on any atom is -0.200 e. The zero-order chi connectivity index (χ0) is 58.4. The molecule has 0 fully saturated rings. The summed E-state index contributed by atoms with van der Waals surface area (Å²) in [4.78, 5) is 0. The second-order valence-electron chi connectivity index (χ2n) is 15.1. The Morgan fingerprint density at radius 3 is 0.611 bits per heavy atom. The predicted molar refractivity (Wildman–Crippen MR) is 165 cm³/mol. The lowest BCUT2D eigenvalue weighted by atomic mass is 9.93. The second-order valence-corrected chi connectivity index (χ2v) is 20.3. The van der Waals surface area contributed by atoms with Crippen molar-refractivity contribution in [3.8, 4) is 0 Å². The van der Waals surface area contributed by atoms with E-state index in [2.05, 4.69) is 15.9 Å². The fraction of sp³-hybridized carbons (Fsp3) is 0.806. The molecule has 0 saturated carbocycles. The highest BCUT2D eigenvalue weighted by atomic mass is 79.9. The largest absolute Gasteiger partial charge is 0.460 e. The molecule has 72 heavy (non-hydrogen) atoms. The van der Waals surface area contributed by atoms with Gasteiger partial charge in [-0.3, -0.25) is 0 Å². The number of alkyl halides is 40. The molecule has 0 heterocycles. The van der Waals surface area contributed by atoms with Crippen LogP contribution in [0.2, 0.25) is 18.1 Å². The van der Waals surface area contributed by atoms with Gasteiger partial charge in [0.05, 0.1) is 8.07 Å². The number of halogens is 40. The molecule has 1 rings (SSSR count). The zero-order valence-corrected chi connectivity index (χ0v) is 35.5. The van der Waals surface area contributed by atoms with Crippen LogP contribution in [0.3, 0.4) is 0 Å². The Morgan fingerprint density at radius 2 is 0.444 bits per heavy atom. The molecular weight excluding hydrogens is 1220 g/mol. The van der Waals surface area contributed by atoms with E-state index in [4.69, 9.17) is 0 Å². The maximum atomic E-state index is 15.1. The van der Waals surface area contributed by atoms with Gasteiger partial charge in [-0.05, 0) is 23.7 Å². The van der Waals surface area contributed by atoms with Crippen LogP contribution >= 0.6 is 15.9 Å². The van der Waals surface area contributed by atoms with Crippen molar-refractivity contribution < 1.29 is 171 Å². The summed E-state index contributed by atoms with van der Waals surface area (Å²) in [6, 6.07) is -9.62. The van der Waals surface area contributed by atoms with E-state index >= 15 is 26.3 Å². The smallest absolute Gasteiger partial charge is 0.200 e. The molecule has 426 valence electrons. The van der Waals surface area contributed by atoms with Crippen LogP contribution in [-0.2, 0) is 5.33 Å². The molecule has 1 aromatic carbocycles. The monoisotopic (exact) mass is 1240 g/mol. The Kier molecular flexibility index (Phi) is 17.5. The van der Waals surface area contributed by atoms with Crippen molar-refractivity contribution in [1.82, 2.24) is 0 Å². The fourth-order valence-corrected chi connectivity index (χ4v) is 11.1. The third-order valence-electron chi connectivity index (χ3n) is 10.5. The van der Waals surface area contributed by atoms with Crippen LogP contribution in [0.4, 0.5) is 171 Å². The maximum absolute atomic E-state index is 15.1. The Hall–Kier alpha value is -2.81. The highest BCUT2D eigenvalue weighted by Crippen LogP contribution is 2.65. The van der Waals surface area contributed by atoms with E-state index in [0.717, 1.165) is 0 Å². The van der Waals surface area contributed by atoms with Gasteiger partial charge in [0.25, 0.3) is 0 Å². The van der Waals surface area contributed by atoms with Crippen molar-refractivity contribution in [3.05, 3.63) is 29.8 Å². The third-order valence-corrected chi connectivity index (χ3v) is 16.3. The maximum Gasteiger partial charge on any atom is 0.460 e. The Balaban J connectivity index is 4.48. The van der Waals surface area contributed by atoms with Crippen molar-refractivity contribution in [2.45, 2.75) is 150 Å². The average molecular weight is 1240 g/mol. The number of rotatable bonds is 23. The zero-order valence-electron chi connectivity index (χ0n) is 32.9. The molecule has 0 radical (unpaired) electrons. The van der Waals surface area contributed by atoms with E-state index in [1.54, 1.807) is 0 Å². The minimum absolute atomic E-state index is 0.141. The molecule has 0 spiro atoms. The van der Waals surface area contributed by atoms with Gasteiger partial charge < -0.3 is 0 Å². The Bertz CT molecular complexity index is 1820. The SMILES string of the molecule is FC(F)(F)C(F)(F)C(F)(F)C(F)(F)C(F)(F)C(F)(F)CC[Si](CCC(F)(F)C(F)(F)C(F)(F)C(F)(F)C(F)(F)C(F)(F)F)(CCC(F)(F)C(F)(F)C(F)(F)C(F)(F)C(F)(F)C(F)(F)F)c1ccc(CBr)cc1. The normalized spacial score (nSPS) is 16.4. The van der Waals surface area contributed by atoms with Gasteiger partial charge in [-0.1, -0.05) is 45.4 Å². The summed E-state index contributed by atoms with van der Waals surface area (Å²) in [5.74, 6) is -128. The van der Waals surface area contributed by atoms with Crippen LogP contribution in [0.1, 0.15) is 24.8 Å². The van der Waals surface area contributed by atoms with E-state index in [1.807, 2.05) is 0 Å². The molecule has 41 heteroatoms. The standard InChI is InChI=1S/C31H18BrF39Si/c32-11-12-1-3-13(4-2-12)72(8-5-14(33,34)17(39,40)20(45,46)23(51,52)26(57,58)29(63,64)65,9-6-15(35,36)18(41,42)21(47,48)24(53,54)27(59,60)30(66,67)68)10-7-16(37,38)19(43,44)22(49,50)25(55,56)28(61,62)31(69,70)71/h1-4H,5-11H2. The van der Waals surface area contributed by atoms with Crippen LogP contribution in [0.5, 0.6) is 0 Å². The second kappa shape index (κ2) is 18.7. The van der Waals surface area contributed by atoms with Gasteiger partial charge in [0, 0.05) is 24.6 Å². The molecule has 0 nitrogen and oxygen atoms in total. The van der Waals surface area contributed by atoms with Gasteiger partial charge in [-0.25, -0.2) is 0 Å². The molecule has 1 aromatic rings. The highest BCUT2D eigenvalue weighted by molar-refractivity contribution is 9.08. The molecule has 0 bridgehead atoms. The van der Waals surface area contributed by atoms with Gasteiger partial charge in [-0.15, -0.1) is 0 Å². The van der Waals surface area contributed by atoms with Crippen LogP contribution < -0.4 is 5.19 Å². The van der Waals surface area contributed by atoms with Crippen LogP contribution in [-0.4, -0.2) is 115 Å². The summed E-state index contributed by atoms with van der Waals surface area (Å²) >= 11 is 2.55. The predicted octanol–water partition coefficient (Wildman–Crippen LogP) is 16.6. The Labute approximate surface area is 380 Å². The van der Waals surface area contributed by atoms with Crippen LogP contribution in [0, 0.1) is 0 Å². The minimum atomic E-state index is -8.88. The summed E-state index contributed by atoms with van der Waals surface area (Å²) in [7, 11) is -7.02. The lowest BCUT2D eigenvalue weighted by Crippen LogP contribution is -2.70. The van der Waals surface area contributed by atoms with Gasteiger partial charge in [-0.2, -0.15) is 171 Å². The van der Waals surface area contributed by atoms with E-state index in [9.17, 15) is 145 Å². The van der Waals surface area contributed by atoms with E-state index in [1.165, 1.54) is 0 Å². The molecule has 0 atom stereocenters. The average Bonchev–Trinajstić information content (AvgIpc) is 3.18. The van der Waals surface area contributed by atoms with E-state index < -0.39 is 169 Å². The first-order valence-electron chi connectivity index (χ1n) is 17.4. The van der Waals surface area contributed by atoms with Crippen molar-refractivity contribution >= 4 is 29.2 Å².